The third-order valence-corrected chi connectivity index (χ3v) is 7.12. The molecule has 1 fully saturated rings. The Hall–Kier alpha value is -3.69. The summed E-state index contributed by atoms with van der Waals surface area (Å²) in [6.07, 6.45) is 4.79. The minimum atomic E-state index is -0.996. The highest BCUT2D eigenvalue weighted by atomic mass is 16.6. The Morgan fingerprint density at radius 1 is 1.05 bits per heavy atom. The van der Waals surface area contributed by atoms with E-state index >= 15 is 0 Å². The Balaban J connectivity index is 0.00000197. The van der Waals surface area contributed by atoms with Gasteiger partial charge in [0.25, 0.3) is 5.91 Å². The number of nitrogens with one attached hydrogen (secondary N) is 3. The molecule has 1 aromatic rings. The molecule has 42 heavy (non-hydrogen) atoms. The SMILES string of the molecule is C=CCNC(=O)C(=O)C(CCC)NC(=O)[C@@H]1CCCN1C(=O)[C@@H](NC(=O)OC(C)C)C1Cc2ccccc2C1.CCC. The first-order valence-electron chi connectivity index (χ1n) is 15.1. The van der Waals surface area contributed by atoms with Gasteiger partial charge in [0.15, 0.2) is 0 Å². The summed E-state index contributed by atoms with van der Waals surface area (Å²) >= 11 is 0. The molecule has 0 radical (unpaired) electrons. The van der Waals surface area contributed by atoms with Crippen molar-refractivity contribution >= 4 is 29.6 Å². The van der Waals surface area contributed by atoms with E-state index in [0.29, 0.717) is 38.6 Å². The minimum Gasteiger partial charge on any atom is -0.447 e. The molecule has 4 amide bonds. The van der Waals surface area contributed by atoms with Crippen LogP contribution in [-0.2, 0) is 36.8 Å². The molecule has 3 rings (SSSR count). The molecule has 1 aliphatic carbocycles. The fraction of sp³-hybridized carbons (Fsp3) is 0.594. The second-order valence-corrected chi connectivity index (χ2v) is 11.1. The Kier molecular flexibility index (Phi) is 14.2. The first-order chi connectivity index (χ1) is 20.1. The molecular weight excluding hydrogens is 536 g/mol. The Labute approximate surface area is 250 Å². The molecular formula is C32H48N4O6. The van der Waals surface area contributed by atoms with Crippen LogP contribution in [0.3, 0.4) is 0 Å². The maximum Gasteiger partial charge on any atom is 0.408 e. The lowest BCUT2D eigenvalue weighted by Crippen LogP contribution is -2.58. The summed E-state index contributed by atoms with van der Waals surface area (Å²) in [5, 5.41) is 7.94. The van der Waals surface area contributed by atoms with Gasteiger partial charge in [0.1, 0.15) is 12.1 Å². The number of Topliss-reactive ketones (excluding diaryl/α,β-unsaturated/α-hetero) is 1. The molecule has 0 spiro atoms. The molecule has 3 N–H and O–H groups in total. The molecule has 10 heteroatoms. The van der Waals surface area contributed by atoms with Crippen LogP contribution in [0.1, 0.15) is 77.8 Å². The number of nitrogens with zero attached hydrogens (tertiary/aromatic N) is 1. The van der Waals surface area contributed by atoms with Gasteiger partial charge in [-0.3, -0.25) is 19.2 Å². The van der Waals surface area contributed by atoms with Gasteiger partial charge in [0.2, 0.25) is 17.6 Å². The lowest BCUT2D eigenvalue weighted by Gasteiger charge is -2.32. The van der Waals surface area contributed by atoms with Crippen LogP contribution in [0, 0.1) is 5.92 Å². The molecule has 0 bridgehead atoms. The monoisotopic (exact) mass is 584 g/mol. The fourth-order valence-electron chi connectivity index (χ4n) is 5.30. The van der Waals surface area contributed by atoms with E-state index in [2.05, 4.69) is 36.4 Å². The van der Waals surface area contributed by atoms with Gasteiger partial charge in [-0.25, -0.2) is 4.79 Å². The summed E-state index contributed by atoms with van der Waals surface area (Å²) in [7, 11) is 0. The largest absolute Gasteiger partial charge is 0.447 e. The van der Waals surface area contributed by atoms with Crippen LogP contribution >= 0.6 is 0 Å². The lowest BCUT2D eigenvalue weighted by molar-refractivity contribution is -0.143. The Bertz CT molecular complexity index is 1080. The summed E-state index contributed by atoms with van der Waals surface area (Å²) in [6.45, 7) is 13.6. The maximum absolute atomic E-state index is 13.9. The first-order valence-corrected chi connectivity index (χ1v) is 15.1. The van der Waals surface area contributed by atoms with Crippen molar-refractivity contribution < 1.29 is 28.7 Å². The topological polar surface area (TPSA) is 134 Å². The fourth-order valence-corrected chi connectivity index (χ4v) is 5.30. The summed E-state index contributed by atoms with van der Waals surface area (Å²) < 4.78 is 5.28. The molecule has 3 atom stereocenters. The number of ether oxygens (including phenoxy) is 1. The van der Waals surface area contributed by atoms with Crippen LogP contribution in [0.4, 0.5) is 4.79 Å². The summed E-state index contributed by atoms with van der Waals surface area (Å²) in [5.41, 5.74) is 2.26. The third kappa shape index (κ3) is 9.70. The average Bonchev–Trinajstić information content (AvgIpc) is 3.61. The first kappa shape index (κ1) is 34.5. The number of amides is 4. The van der Waals surface area contributed by atoms with Crippen LogP contribution in [0.15, 0.2) is 36.9 Å². The number of likely N-dealkylation sites (tertiary alicyclic amines) is 1. The Morgan fingerprint density at radius 3 is 2.21 bits per heavy atom. The van der Waals surface area contributed by atoms with Crippen LogP contribution in [0.2, 0.25) is 0 Å². The van der Waals surface area contributed by atoms with E-state index in [1.807, 2.05) is 31.2 Å². The predicted molar refractivity (Wildman–Crippen MR) is 162 cm³/mol. The standard InChI is InChI=1S/C29H40N4O6.C3H8/c1-5-10-22(25(34)27(36)30-14-6-2)31-26(35)23-13-9-15-33(23)28(37)24(32-29(38)39-18(3)4)21-16-19-11-7-8-12-20(19)17-21;1-3-2/h6-8,11-12,18,21-24H,2,5,9-10,13-17H2,1,3-4H3,(H,30,36)(H,31,35)(H,32,38);3H2,1-2H3/t22?,23-,24-;/m0./s1. The van der Waals surface area contributed by atoms with E-state index in [9.17, 15) is 24.0 Å². The molecule has 10 nitrogen and oxygen atoms in total. The molecule has 1 aromatic carbocycles. The number of alkyl carbamates (subject to hydrolysis) is 1. The average molecular weight is 585 g/mol. The van der Waals surface area contributed by atoms with Crippen molar-refractivity contribution in [2.24, 2.45) is 5.92 Å². The molecule has 1 saturated heterocycles. The van der Waals surface area contributed by atoms with Crippen molar-refractivity contribution in [2.75, 3.05) is 13.1 Å². The van der Waals surface area contributed by atoms with E-state index in [1.165, 1.54) is 17.4 Å². The number of carbonyl (C=O) groups excluding carboxylic acids is 5. The van der Waals surface area contributed by atoms with Gasteiger partial charge >= 0.3 is 6.09 Å². The smallest absolute Gasteiger partial charge is 0.408 e. The van der Waals surface area contributed by atoms with Crippen molar-refractivity contribution in [1.29, 1.82) is 0 Å². The van der Waals surface area contributed by atoms with Gasteiger partial charge in [0.05, 0.1) is 12.1 Å². The number of benzene rings is 1. The molecule has 2 aliphatic rings. The van der Waals surface area contributed by atoms with Gasteiger partial charge in [-0.2, -0.15) is 0 Å². The molecule has 1 aliphatic heterocycles. The lowest BCUT2D eigenvalue weighted by atomic mass is 9.95. The van der Waals surface area contributed by atoms with Crippen molar-refractivity contribution in [2.45, 2.75) is 104 Å². The zero-order valence-electron chi connectivity index (χ0n) is 25.7. The Morgan fingerprint density at radius 2 is 1.67 bits per heavy atom. The van der Waals surface area contributed by atoms with E-state index < -0.39 is 41.8 Å². The number of ketones is 1. The van der Waals surface area contributed by atoms with Gasteiger partial charge in [-0.15, -0.1) is 6.58 Å². The second-order valence-electron chi connectivity index (χ2n) is 11.1. The van der Waals surface area contributed by atoms with E-state index in [1.54, 1.807) is 13.8 Å². The van der Waals surface area contributed by atoms with Gasteiger partial charge in [0, 0.05) is 13.1 Å². The van der Waals surface area contributed by atoms with Gasteiger partial charge in [-0.1, -0.05) is 64.0 Å². The van der Waals surface area contributed by atoms with Crippen LogP contribution in [-0.4, -0.2) is 71.8 Å². The van der Waals surface area contributed by atoms with E-state index in [4.69, 9.17) is 4.74 Å². The second kappa shape index (κ2) is 17.3. The van der Waals surface area contributed by atoms with Crippen LogP contribution in [0.25, 0.3) is 0 Å². The van der Waals surface area contributed by atoms with Crippen molar-refractivity contribution in [3.8, 4) is 0 Å². The quantitative estimate of drug-likeness (QED) is 0.255. The van der Waals surface area contributed by atoms with Crippen LogP contribution < -0.4 is 16.0 Å². The molecule has 0 aromatic heterocycles. The van der Waals surface area contributed by atoms with E-state index in [-0.39, 0.29) is 30.9 Å². The van der Waals surface area contributed by atoms with E-state index in [0.717, 1.165) is 11.1 Å². The molecule has 1 heterocycles. The van der Waals surface area contributed by atoms with Gasteiger partial charge in [-0.05, 0) is 63.0 Å². The number of hydrogen-bond donors (Lipinski definition) is 3. The summed E-state index contributed by atoms with van der Waals surface area (Å²) in [6, 6.07) is 5.25. The molecule has 232 valence electrons. The normalized spacial score (nSPS) is 17.3. The summed E-state index contributed by atoms with van der Waals surface area (Å²) in [5.74, 6) is -2.55. The highest BCUT2D eigenvalue weighted by Crippen LogP contribution is 2.31. The number of rotatable bonds is 12. The predicted octanol–water partition coefficient (Wildman–Crippen LogP) is 3.47. The highest BCUT2D eigenvalue weighted by molar-refractivity contribution is 6.38. The molecule has 0 saturated carbocycles. The highest BCUT2D eigenvalue weighted by Gasteiger charge is 2.43. The number of carbonyl (C=O) groups is 5. The minimum absolute atomic E-state index is 0.140. The van der Waals surface area contributed by atoms with Crippen molar-refractivity contribution in [1.82, 2.24) is 20.9 Å². The maximum atomic E-state index is 13.9. The zero-order chi connectivity index (χ0) is 31.2. The van der Waals surface area contributed by atoms with Gasteiger partial charge < -0.3 is 25.6 Å². The molecule has 1 unspecified atom stereocenters. The number of hydrogen-bond acceptors (Lipinski definition) is 6. The van der Waals surface area contributed by atoms with Crippen LogP contribution in [0.5, 0.6) is 0 Å². The number of fused-ring (bicyclic) bond motifs is 1. The van der Waals surface area contributed by atoms with Crippen molar-refractivity contribution in [3.05, 3.63) is 48.0 Å². The zero-order valence-corrected chi connectivity index (χ0v) is 25.7. The summed E-state index contributed by atoms with van der Waals surface area (Å²) in [4.78, 5) is 66.3. The van der Waals surface area contributed by atoms with Crippen molar-refractivity contribution in [3.63, 3.8) is 0 Å². The third-order valence-electron chi connectivity index (χ3n) is 7.12.